The van der Waals surface area contributed by atoms with E-state index in [0.717, 1.165) is 18.4 Å². The zero-order valence-corrected chi connectivity index (χ0v) is 8.96. The van der Waals surface area contributed by atoms with Crippen molar-refractivity contribution in [3.63, 3.8) is 0 Å². The number of isocyanates is 1. The van der Waals surface area contributed by atoms with Gasteiger partial charge in [0.2, 0.25) is 11.9 Å². The maximum Gasteiger partial charge on any atom is 0.238 e. The summed E-state index contributed by atoms with van der Waals surface area (Å²) < 4.78 is 13.7. The van der Waals surface area contributed by atoms with E-state index in [4.69, 9.17) is 0 Å². The first-order valence-corrected chi connectivity index (χ1v) is 4.97. The van der Waals surface area contributed by atoms with Crippen LogP contribution in [0.25, 0.3) is 0 Å². The molecule has 0 saturated carbocycles. The van der Waals surface area contributed by atoms with Gasteiger partial charge in [-0.2, -0.15) is 4.99 Å². The summed E-state index contributed by atoms with van der Waals surface area (Å²) in [6.45, 7) is 3.33. The molecule has 0 N–H and O–H groups in total. The van der Waals surface area contributed by atoms with Crippen molar-refractivity contribution in [1.29, 1.82) is 0 Å². The van der Waals surface area contributed by atoms with Crippen LogP contribution in [0.2, 0.25) is 0 Å². The third-order valence-corrected chi connectivity index (χ3v) is 2.28. The van der Waals surface area contributed by atoms with E-state index in [1.165, 1.54) is 13.0 Å². The molecule has 1 aromatic rings. The van der Waals surface area contributed by atoms with Gasteiger partial charge >= 0.3 is 0 Å². The highest BCUT2D eigenvalue weighted by Gasteiger charge is 2.24. The number of aryl methyl sites for hydroxylation is 1. The number of aliphatic imine (C=N–C) groups is 1. The molecule has 3 heteroatoms. The Morgan fingerprint density at radius 3 is 2.47 bits per heavy atom. The fourth-order valence-corrected chi connectivity index (χ4v) is 1.41. The van der Waals surface area contributed by atoms with E-state index in [1.54, 1.807) is 12.1 Å². The van der Waals surface area contributed by atoms with Crippen molar-refractivity contribution in [3.8, 4) is 0 Å². The van der Waals surface area contributed by atoms with Crippen molar-refractivity contribution in [2.24, 2.45) is 4.99 Å². The first-order valence-electron chi connectivity index (χ1n) is 4.97. The van der Waals surface area contributed by atoms with Crippen LogP contribution in [0.3, 0.4) is 0 Å². The molecule has 15 heavy (non-hydrogen) atoms. The summed E-state index contributed by atoms with van der Waals surface area (Å²) >= 11 is 0. The number of alkyl halides is 1. The first kappa shape index (κ1) is 11.6. The van der Waals surface area contributed by atoms with Gasteiger partial charge in [-0.25, -0.2) is 9.18 Å². The summed E-state index contributed by atoms with van der Waals surface area (Å²) in [7, 11) is 0. The molecule has 0 radical (unpaired) electrons. The fourth-order valence-electron chi connectivity index (χ4n) is 1.41. The van der Waals surface area contributed by atoms with Crippen LogP contribution in [-0.4, -0.2) is 6.08 Å². The monoisotopic (exact) mass is 207 g/mol. The van der Waals surface area contributed by atoms with Crippen LogP contribution in [0.5, 0.6) is 0 Å². The SMILES string of the molecule is CCCc1ccc(C(C)(F)N=C=O)cc1. The number of hydrogen-bond acceptors (Lipinski definition) is 2. The molecule has 0 aliphatic heterocycles. The molecule has 1 atom stereocenters. The fraction of sp³-hybridized carbons (Fsp3) is 0.417. The Bertz CT molecular complexity index is 364. The van der Waals surface area contributed by atoms with E-state index in [1.807, 2.05) is 12.1 Å². The van der Waals surface area contributed by atoms with E-state index in [9.17, 15) is 9.18 Å². The lowest BCUT2D eigenvalue weighted by Crippen LogP contribution is -2.11. The molecule has 1 rings (SSSR count). The summed E-state index contributed by atoms with van der Waals surface area (Å²) in [6, 6.07) is 7.03. The van der Waals surface area contributed by atoms with Gasteiger partial charge in [-0.3, -0.25) is 0 Å². The third kappa shape index (κ3) is 3.00. The number of hydrogen-bond donors (Lipinski definition) is 0. The Morgan fingerprint density at radius 1 is 1.40 bits per heavy atom. The summed E-state index contributed by atoms with van der Waals surface area (Å²) in [4.78, 5) is 13.2. The summed E-state index contributed by atoms with van der Waals surface area (Å²) in [5.41, 5.74) is 1.54. The number of nitrogens with zero attached hydrogens (tertiary/aromatic N) is 1. The second-order valence-electron chi connectivity index (χ2n) is 3.60. The third-order valence-electron chi connectivity index (χ3n) is 2.28. The summed E-state index contributed by atoms with van der Waals surface area (Å²) in [6.07, 6.45) is 3.27. The average molecular weight is 207 g/mol. The molecule has 0 bridgehead atoms. The maximum absolute atomic E-state index is 13.7. The van der Waals surface area contributed by atoms with Gasteiger partial charge in [0.1, 0.15) is 0 Å². The normalized spacial score (nSPS) is 14.1. The van der Waals surface area contributed by atoms with Crippen LogP contribution in [-0.2, 0) is 17.0 Å². The minimum Gasteiger partial charge on any atom is -0.212 e. The van der Waals surface area contributed by atoms with Crippen LogP contribution < -0.4 is 0 Å². The molecule has 0 spiro atoms. The highest BCUT2D eigenvalue weighted by atomic mass is 19.1. The number of halogens is 1. The van der Waals surface area contributed by atoms with Crippen molar-refractivity contribution in [2.45, 2.75) is 32.5 Å². The van der Waals surface area contributed by atoms with Crippen molar-refractivity contribution in [3.05, 3.63) is 35.4 Å². The quantitative estimate of drug-likeness (QED) is 0.423. The Balaban J connectivity index is 2.92. The minimum atomic E-state index is -1.97. The van der Waals surface area contributed by atoms with Crippen LogP contribution >= 0.6 is 0 Å². The van der Waals surface area contributed by atoms with Gasteiger partial charge < -0.3 is 0 Å². The van der Waals surface area contributed by atoms with Crippen LogP contribution in [0.4, 0.5) is 4.39 Å². The first-order chi connectivity index (χ1) is 7.10. The van der Waals surface area contributed by atoms with E-state index >= 15 is 0 Å². The Labute approximate surface area is 88.8 Å². The lowest BCUT2D eigenvalue weighted by atomic mass is 10.0. The van der Waals surface area contributed by atoms with Gasteiger partial charge in [0.05, 0.1) is 0 Å². The Kier molecular flexibility index (Phi) is 3.75. The maximum atomic E-state index is 13.7. The molecule has 0 heterocycles. The summed E-state index contributed by atoms with van der Waals surface area (Å²) in [5, 5.41) is 0. The number of benzene rings is 1. The topological polar surface area (TPSA) is 29.4 Å². The molecule has 0 fully saturated rings. The molecular formula is C12H14FNO. The van der Waals surface area contributed by atoms with Crippen LogP contribution in [0, 0.1) is 0 Å². The van der Waals surface area contributed by atoms with Gasteiger partial charge in [-0.05, 0) is 18.9 Å². The molecule has 80 valence electrons. The van der Waals surface area contributed by atoms with Gasteiger partial charge in [0.15, 0.2) is 0 Å². The second-order valence-corrected chi connectivity index (χ2v) is 3.60. The van der Waals surface area contributed by atoms with Gasteiger partial charge in [0, 0.05) is 5.56 Å². The standard InChI is InChI=1S/C12H14FNO/c1-3-4-10-5-7-11(8-6-10)12(2,13)14-9-15/h5-8H,3-4H2,1-2H3. The smallest absolute Gasteiger partial charge is 0.212 e. The van der Waals surface area contributed by atoms with Gasteiger partial charge in [-0.1, -0.05) is 37.6 Å². The Morgan fingerprint density at radius 2 is 2.00 bits per heavy atom. The zero-order chi connectivity index (χ0) is 11.3. The van der Waals surface area contributed by atoms with Crippen LogP contribution in [0.1, 0.15) is 31.4 Å². The van der Waals surface area contributed by atoms with Gasteiger partial charge in [0.25, 0.3) is 0 Å². The van der Waals surface area contributed by atoms with E-state index in [0.29, 0.717) is 5.56 Å². The van der Waals surface area contributed by atoms with E-state index in [2.05, 4.69) is 11.9 Å². The number of carbonyl (C=O) groups excluding carboxylic acids is 1. The average Bonchev–Trinajstić information content (AvgIpc) is 2.19. The molecule has 0 aliphatic rings. The molecule has 1 unspecified atom stereocenters. The molecule has 2 nitrogen and oxygen atoms in total. The van der Waals surface area contributed by atoms with Gasteiger partial charge in [-0.15, -0.1) is 0 Å². The highest BCUT2D eigenvalue weighted by Crippen LogP contribution is 2.26. The van der Waals surface area contributed by atoms with Crippen molar-refractivity contribution in [1.82, 2.24) is 0 Å². The van der Waals surface area contributed by atoms with Crippen molar-refractivity contribution < 1.29 is 9.18 Å². The molecule has 0 saturated heterocycles. The molecule has 1 aromatic carbocycles. The Hall–Kier alpha value is -1.47. The van der Waals surface area contributed by atoms with E-state index < -0.39 is 5.79 Å². The zero-order valence-electron chi connectivity index (χ0n) is 8.96. The minimum absolute atomic E-state index is 0.380. The van der Waals surface area contributed by atoms with Crippen molar-refractivity contribution in [2.75, 3.05) is 0 Å². The molecule has 0 aliphatic carbocycles. The molecule has 0 amide bonds. The van der Waals surface area contributed by atoms with E-state index in [-0.39, 0.29) is 0 Å². The van der Waals surface area contributed by atoms with Crippen molar-refractivity contribution >= 4 is 6.08 Å². The lowest BCUT2D eigenvalue weighted by Gasteiger charge is -2.13. The second kappa shape index (κ2) is 4.85. The predicted octanol–water partition coefficient (Wildman–Crippen LogP) is 3.12. The molecular weight excluding hydrogens is 193 g/mol. The highest BCUT2D eigenvalue weighted by molar-refractivity contribution is 5.37. The predicted molar refractivity (Wildman–Crippen MR) is 57.0 cm³/mol. The largest absolute Gasteiger partial charge is 0.238 e. The number of rotatable bonds is 4. The molecule has 0 aromatic heterocycles. The lowest BCUT2D eigenvalue weighted by molar-refractivity contribution is 0.206. The van der Waals surface area contributed by atoms with Crippen LogP contribution in [0.15, 0.2) is 29.3 Å². The summed E-state index contributed by atoms with van der Waals surface area (Å²) in [5.74, 6) is -1.97.